The monoisotopic (exact) mass is 562 g/mol. The molecule has 2 aromatic carbocycles. The molecule has 0 saturated heterocycles. The Morgan fingerprint density at radius 1 is 1.20 bits per heavy atom. The topological polar surface area (TPSA) is 171 Å². The van der Waals surface area contributed by atoms with Gasteiger partial charge in [-0.1, -0.05) is 24.3 Å². The Labute approximate surface area is 235 Å². The van der Waals surface area contributed by atoms with Crippen molar-refractivity contribution in [2.75, 3.05) is 14.1 Å². The van der Waals surface area contributed by atoms with Crippen LogP contribution in [0.2, 0.25) is 0 Å². The van der Waals surface area contributed by atoms with E-state index in [4.69, 9.17) is 11.1 Å². The molecule has 1 heterocycles. The fourth-order valence-electron chi connectivity index (χ4n) is 7.28. The molecule has 7 N–H and O–H groups in total. The van der Waals surface area contributed by atoms with Crippen molar-refractivity contribution >= 4 is 17.4 Å². The van der Waals surface area contributed by atoms with Crippen molar-refractivity contribution in [1.82, 2.24) is 9.80 Å². The van der Waals surface area contributed by atoms with Crippen LogP contribution < -0.4 is 5.73 Å². The molecule has 0 radical (unpaired) electrons. The van der Waals surface area contributed by atoms with Crippen molar-refractivity contribution in [2.24, 2.45) is 17.6 Å². The molecule has 0 bridgehead atoms. The number of amides is 1. The lowest BCUT2D eigenvalue weighted by Crippen LogP contribution is -2.63. The fourth-order valence-corrected chi connectivity index (χ4v) is 7.28. The summed E-state index contributed by atoms with van der Waals surface area (Å²) in [6.07, 6.45) is -0.0740. The molecule has 10 nitrogen and oxygen atoms in total. The number of halogens is 1. The molecule has 11 heteroatoms. The Morgan fingerprint density at radius 2 is 1.83 bits per heavy atom. The largest absolute Gasteiger partial charge is 0.510 e. The maximum absolute atomic E-state index is 16.1. The quantitative estimate of drug-likeness (QED) is 0.329. The molecule has 0 aromatic heterocycles. The minimum Gasteiger partial charge on any atom is -0.510 e. The van der Waals surface area contributed by atoms with Crippen LogP contribution in [0.25, 0.3) is 0 Å². The first-order chi connectivity index (χ1) is 19.4. The Kier molecular flexibility index (Phi) is 6.11. The number of phenolic OH excluding ortho intramolecular Hbond substituents is 1. The number of allylic oxidation sites excluding steroid dienone is 1. The van der Waals surface area contributed by atoms with Gasteiger partial charge in [0, 0.05) is 42.3 Å². The van der Waals surface area contributed by atoms with Crippen LogP contribution in [0.3, 0.4) is 0 Å². The lowest BCUT2D eigenvalue weighted by molar-refractivity contribution is -0.114. The number of likely N-dealkylation sites (N-methyl/N-ethyl adjacent to an activating group) is 1. The third-order valence-electron chi connectivity index (χ3n) is 9.09. The van der Waals surface area contributed by atoms with Crippen molar-refractivity contribution in [3.05, 3.63) is 86.6 Å². The van der Waals surface area contributed by atoms with Crippen molar-refractivity contribution < 1.29 is 34.4 Å². The van der Waals surface area contributed by atoms with Crippen LogP contribution in [0.4, 0.5) is 4.39 Å². The molecule has 4 aliphatic rings. The number of carbonyl (C=O) groups excluding carboxylic acids is 2. The summed E-state index contributed by atoms with van der Waals surface area (Å²) in [5.41, 5.74) is 3.48. The van der Waals surface area contributed by atoms with Gasteiger partial charge >= 0.3 is 0 Å². The summed E-state index contributed by atoms with van der Waals surface area (Å²) in [6, 6.07) is 8.13. The molecule has 2 aromatic rings. The van der Waals surface area contributed by atoms with Gasteiger partial charge in [-0.25, -0.2) is 4.39 Å². The van der Waals surface area contributed by atoms with E-state index in [0.717, 1.165) is 11.1 Å². The minimum atomic E-state index is -2.51. The zero-order valence-electron chi connectivity index (χ0n) is 22.6. The highest BCUT2D eigenvalue weighted by Crippen LogP contribution is 2.52. The molecule has 4 atom stereocenters. The van der Waals surface area contributed by atoms with Gasteiger partial charge in [-0.2, -0.15) is 0 Å². The number of aliphatic hydroxyl groups is 3. The maximum Gasteiger partial charge on any atom is 0.254 e. The lowest BCUT2D eigenvalue weighted by atomic mass is 9.58. The third-order valence-corrected chi connectivity index (χ3v) is 9.09. The van der Waals surface area contributed by atoms with Crippen LogP contribution in [-0.4, -0.2) is 73.4 Å². The highest BCUT2D eigenvalue weighted by Gasteiger charge is 2.61. The zero-order valence-corrected chi connectivity index (χ0v) is 22.6. The van der Waals surface area contributed by atoms with Crippen molar-refractivity contribution in [2.45, 2.75) is 44.1 Å². The standard InChI is InChI=1S/C30H31FN4O6/c1-34(2)24-18-8-15-7-17-21(25(37)20(15)28(39)30(18,41)27(32)22(26(24)38)29(33)40)19(36)9-16(23(17)31)12-35-10-13-5-3-4-6-14(13)11-35/h3-6,9,15,18,24,32,36,38-39,41H,7-8,10-12H2,1-2H3,(H2,33,40)/t15-,18-,24-,30+/m0/s1. The second-order valence-electron chi connectivity index (χ2n) is 11.6. The van der Waals surface area contributed by atoms with Crippen molar-refractivity contribution in [1.29, 1.82) is 5.41 Å². The molecule has 1 amide bonds. The predicted octanol–water partition coefficient (Wildman–Crippen LogP) is 2.23. The Hall–Kier alpha value is -4.06. The van der Waals surface area contributed by atoms with Gasteiger partial charge in [0.15, 0.2) is 11.4 Å². The van der Waals surface area contributed by atoms with E-state index in [1.165, 1.54) is 11.0 Å². The number of carbonyl (C=O) groups is 2. The Morgan fingerprint density at radius 3 is 2.41 bits per heavy atom. The van der Waals surface area contributed by atoms with Crippen LogP contribution in [-0.2, 0) is 30.8 Å². The van der Waals surface area contributed by atoms with Crippen molar-refractivity contribution in [3.8, 4) is 5.75 Å². The summed E-state index contributed by atoms with van der Waals surface area (Å²) >= 11 is 0. The van der Waals surface area contributed by atoms with Gasteiger partial charge < -0.3 is 31.6 Å². The van der Waals surface area contributed by atoms with E-state index >= 15 is 4.39 Å². The molecule has 6 rings (SSSR count). The first-order valence-corrected chi connectivity index (χ1v) is 13.4. The highest BCUT2D eigenvalue weighted by molar-refractivity contribution is 6.26. The predicted molar refractivity (Wildman–Crippen MR) is 146 cm³/mol. The van der Waals surface area contributed by atoms with E-state index in [-0.39, 0.29) is 41.6 Å². The van der Waals surface area contributed by atoms with Crippen molar-refractivity contribution in [3.63, 3.8) is 0 Å². The number of nitrogens with zero attached hydrogens (tertiary/aromatic N) is 2. The van der Waals surface area contributed by atoms with E-state index in [1.807, 2.05) is 29.2 Å². The van der Waals surface area contributed by atoms with E-state index in [1.54, 1.807) is 14.1 Å². The molecular formula is C30H31FN4O6. The van der Waals surface area contributed by atoms with Crippen LogP contribution >= 0.6 is 0 Å². The zero-order chi connectivity index (χ0) is 29.5. The number of rotatable bonds is 4. The summed E-state index contributed by atoms with van der Waals surface area (Å²) in [5.74, 6) is -6.27. The van der Waals surface area contributed by atoms with Crippen LogP contribution in [0, 0.1) is 23.1 Å². The number of benzene rings is 2. The number of nitrogens with two attached hydrogens (primary N) is 1. The molecule has 214 valence electrons. The molecule has 41 heavy (non-hydrogen) atoms. The van der Waals surface area contributed by atoms with Crippen LogP contribution in [0.15, 0.2) is 53.0 Å². The van der Waals surface area contributed by atoms with Gasteiger partial charge in [0.2, 0.25) is 0 Å². The maximum atomic E-state index is 16.1. The normalized spacial score (nSPS) is 27.6. The first kappa shape index (κ1) is 27.1. The molecule has 0 saturated carbocycles. The van der Waals surface area contributed by atoms with Crippen LogP contribution in [0.5, 0.6) is 5.75 Å². The fraction of sp³-hybridized carbons (Fsp3) is 0.367. The number of fused-ring (bicyclic) bond motifs is 4. The molecule has 3 aliphatic carbocycles. The number of Topliss-reactive ketones (excluding diaryl/α,β-unsaturated/α-hetero) is 1. The van der Waals surface area contributed by atoms with E-state index in [0.29, 0.717) is 13.1 Å². The molecule has 1 aliphatic heterocycles. The van der Waals surface area contributed by atoms with Gasteiger partial charge in [-0.15, -0.1) is 0 Å². The Balaban J connectivity index is 1.42. The number of aliphatic hydroxyl groups excluding tert-OH is 2. The third kappa shape index (κ3) is 3.76. The lowest BCUT2D eigenvalue weighted by Gasteiger charge is -2.51. The number of primary amides is 1. The average molecular weight is 563 g/mol. The summed E-state index contributed by atoms with van der Waals surface area (Å²) in [6.45, 7) is 1.46. The van der Waals surface area contributed by atoms with E-state index in [9.17, 15) is 30.0 Å². The average Bonchev–Trinajstić information content (AvgIpc) is 3.31. The van der Waals surface area contributed by atoms with Gasteiger partial charge in [0.05, 0.1) is 17.3 Å². The van der Waals surface area contributed by atoms with Gasteiger partial charge in [0.25, 0.3) is 5.91 Å². The number of hydrogen-bond acceptors (Lipinski definition) is 9. The number of phenols is 1. The van der Waals surface area contributed by atoms with Gasteiger partial charge in [-0.05, 0) is 50.0 Å². The summed E-state index contributed by atoms with van der Waals surface area (Å²) in [4.78, 5) is 29.5. The molecule has 0 fully saturated rings. The molecular weight excluding hydrogens is 531 g/mol. The molecule has 0 spiro atoms. The second kappa shape index (κ2) is 9.23. The summed E-state index contributed by atoms with van der Waals surface area (Å²) in [5, 5.41) is 53.6. The number of nitrogens with one attached hydrogen (secondary N) is 1. The molecule has 0 unspecified atom stereocenters. The smallest absolute Gasteiger partial charge is 0.254 e. The van der Waals surface area contributed by atoms with Gasteiger partial charge in [-0.3, -0.25) is 19.4 Å². The van der Waals surface area contributed by atoms with E-state index < -0.39 is 69.5 Å². The highest BCUT2D eigenvalue weighted by atomic mass is 19.1. The number of hydrogen-bond donors (Lipinski definition) is 6. The minimum absolute atomic E-state index is 0.0196. The first-order valence-electron chi connectivity index (χ1n) is 13.4. The number of aromatic hydroxyl groups is 1. The number of ketones is 1. The Bertz CT molecular complexity index is 1590. The summed E-state index contributed by atoms with van der Waals surface area (Å²) in [7, 11) is 3.18. The van der Waals surface area contributed by atoms with E-state index in [2.05, 4.69) is 0 Å². The second-order valence-corrected chi connectivity index (χ2v) is 11.6. The van der Waals surface area contributed by atoms with Gasteiger partial charge in [0.1, 0.15) is 28.7 Å². The van der Waals surface area contributed by atoms with Crippen LogP contribution in [0.1, 0.15) is 39.0 Å². The SMILES string of the molecule is CN(C)[C@@H]1C(O)=C(C(N)=O)C(=N)[C@@]2(O)C(O)=C3C(=O)c4c(O)cc(CN5Cc6ccccc6C5)c(F)c4C[C@H]3C[C@@H]12. The summed E-state index contributed by atoms with van der Waals surface area (Å²) < 4.78 is 16.1.